The van der Waals surface area contributed by atoms with E-state index in [1.54, 1.807) is 0 Å². The Morgan fingerprint density at radius 3 is 2.52 bits per heavy atom. The smallest absolute Gasteiger partial charge is 0.435 e. The van der Waals surface area contributed by atoms with E-state index in [0.717, 1.165) is 18.2 Å². The average molecular weight is 298 g/mol. The third-order valence-electron chi connectivity index (χ3n) is 2.52. The molecule has 1 aromatic carbocycles. The van der Waals surface area contributed by atoms with Gasteiger partial charge in [-0.2, -0.15) is 23.5 Å². The Balaban J connectivity index is 2.66. The Bertz CT molecular complexity index is 759. The fraction of sp³-hybridized carbons (Fsp3) is 0.0833. The molecule has 9 heteroatoms. The van der Waals surface area contributed by atoms with Crippen molar-refractivity contribution in [3.63, 3.8) is 0 Å². The minimum Gasteiger partial charge on any atom is -0.543 e. The van der Waals surface area contributed by atoms with E-state index in [1.807, 2.05) is 0 Å². The predicted molar refractivity (Wildman–Crippen MR) is 57.6 cm³/mol. The minimum atomic E-state index is -4.85. The maximum Gasteiger partial charge on any atom is 0.435 e. The zero-order chi connectivity index (χ0) is 15.8. The summed E-state index contributed by atoms with van der Waals surface area (Å²) < 4.78 is 51.3. The molecule has 0 radical (unpaired) electrons. The first kappa shape index (κ1) is 14.5. The van der Waals surface area contributed by atoms with Crippen LogP contribution in [-0.4, -0.2) is 15.7 Å². The molecular formula is C12H4F4N3O2-. The standard InChI is InChI=1S/C12H5F4N3O2/c13-8-2-1-7(3-6(8)5-17)19-9(11(20)21)4-10(18-19)12(14,15)16/h1-4H,(H,20,21)/p-1. The number of carboxylic acid groups (broad SMARTS) is 1. The number of alkyl halides is 3. The molecule has 2 aromatic rings. The maximum atomic E-state index is 13.2. The molecule has 0 unspecified atom stereocenters. The first-order chi connectivity index (χ1) is 9.74. The largest absolute Gasteiger partial charge is 0.543 e. The van der Waals surface area contributed by atoms with Crippen molar-refractivity contribution < 1.29 is 27.5 Å². The van der Waals surface area contributed by atoms with Crippen LogP contribution >= 0.6 is 0 Å². The molecule has 0 spiro atoms. The second-order valence-corrected chi connectivity index (χ2v) is 3.89. The van der Waals surface area contributed by atoms with Crippen LogP contribution < -0.4 is 5.11 Å². The van der Waals surface area contributed by atoms with Crippen molar-refractivity contribution in [2.24, 2.45) is 0 Å². The van der Waals surface area contributed by atoms with Gasteiger partial charge in [-0.1, -0.05) is 0 Å². The third kappa shape index (κ3) is 2.69. The van der Waals surface area contributed by atoms with Gasteiger partial charge in [0.05, 0.1) is 22.9 Å². The summed E-state index contributed by atoms with van der Waals surface area (Å²) in [6.07, 6.45) is -4.85. The van der Waals surface area contributed by atoms with Gasteiger partial charge < -0.3 is 9.90 Å². The van der Waals surface area contributed by atoms with Crippen LogP contribution in [0.5, 0.6) is 0 Å². The molecule has 0 fully saturated rings. The lowest BCUT2D eigenvalue weighted by atomic mass is 10.2. The molecule has 0 aliphatic carbocycles. The van der Waals surface area contributed by atoms with E-state index in [-0.39, 0.29) is 5.69 Å². The fourth-order valence-electron chi connectivity index (χ4n) is 1.59. The van der Waals surface area contributed by atoms with Crippen molar-refractivity contribution in [2.45, 2.75) is 6.18 Å². The van der Waals surface area contributed by atoms with Gasteiger partial charge in [0.1, 0.15) is 11.9 Å². The number of aromatic carboxylic acids is 1. The quantitative estimate of drug-likeness (QED) is 0.782. The molecule has 108 valence electrons. The van der Waals surface area contributed by atoms with Crippen LogP contribution in [0.2, 0.25) is 0 Å². The van der Waals surface area contributed by atoms with E-state index in [4.69, 9.17) is 5.26 Å². The van der Waals surface area contributed by atoms with Gasteiger partial charge in [0, 0.05) is 0 Å². The zero-order valence-corrected chi connectivity index (χ0v) is 9.98. The molecule has 0 atom stereocenters. The van der Waals surface area contributed by atoms with Gasteiger partial charge in [-0.05, 0) is 24.3 Å². The molecule has 5 nitrogen and oxygen atoms in total. The molecule has 1 heterocycles. The Morgan fingerprint density at radius 1 is 1.33 bits per heavy atom. The Labute approximate surface area is 114 Å². The molecule has 0 saturated heterocycles. The van der Waals surface area contributed by atoms with Gasteiger partial charge in [-0.15, -0.1) is 0 Å². The van der Waals surface area contributed by atoms with E-state index < -0.39 is 34.9 Å². The number of nitrogens with zero attached hydrogens (tertiary/aromatic N) is 3. The second-order valence-electron chi connectivity index (χ2n) is 3.89. The van der Waals surface area contributed by atoms with E-state index in [2.05, 4.69) is 5.10 Å². The van der Waals surface area contributed by atoms with E-state index in [0.29, 0.717) is 10.7 Å². The number of aromatic nitrogens is 2. The Morgan fingerprint density at radius 2 is 2.00 bits per heavy atom. The number of hydrogen-bond acceptors (Lipinski definition) is 4. The summed E-state index contributed by atoms with van der Waals surface area (Å²) in [5.74, 6) is -2.78. The Kier molecular flexibility index (Phi) is 3.39. The molecule has 0 aliphatic heterocycles. The number of halogens is 4. The average Bonchev–Trinajstić information content (AvgIpc) is 2.84. The summed E-state index contributed by atoms with van der Waals surface area (Å²) in [5.41, 5.74) is -2.97. The number of benzene rings is 1. The number of rotatable bonds is 2. The topological polar surface area (TPSA) is 81.7 Å². The number of nitriles is 1. The van der Waals surface area contributed by atoms with Crippen molar-refractivity contribution >= 4 is 5.97 Å². The zero-order valence-electron chi connectivity index (χ0n) is 9.98. The lowest BCUT2D eigenvalue weighted by Gasteiger charge is -2.08. The summed E-state index contributed by atoms with van der Waals surface area (Å²) in [4.78, 5) is 10.9. The van der Waals surface area contributed by atoms with Crippen LogP contribution in [0.25, 0.3) is 5.69 Å². The van der Waals surface area contributed by atoms with Crippen molar-refractivity contribution in [1.82, 2.24) is 9.78 Å². The molecule has 0 bridgehead atoms. The van der Waals surface area contributed by atoms with Crippen LogP contribution in [0.3, 0.4) is 0 Å². The lowest BCUT2D eigenvalue weighted by molar-refractivity contribution is -0.255. The van der Waals surface area contributed by atoms with Gasteiger partial charge >= 0.3 is 6.18 Å². The fourth-order valence-corrected chi connectivity index (χ4v) is 1.59. The van der Waals surface area contributed by atoms with E-state index in [9.17, 15) is 27.5 Å². The molecule has 0 amide bonds. The Hall–Kier alpha value is -2.89. The number of carbonyl (C=O) groups excluding carboxylic acids is 1. The van der Waals surface area contributed by atoms with Crippen LogP contribution in [0, 0.1) is 17.1 Å². The van der Waals surface area contributed by atoms with Gasteiger partial charge in [-0.25, -0.2) is 9.07 Å². The van der Waals surface area contributed by atoms with Crippen molar-refractivity contribution in [3.05, 3.63) is 47.0 Å². The molecule has 0 N–H and O–H groups in total. The number of carboxylic acids is 1. The van der Waals surface area contributed by atoms with Gasteiger partial charge in [0.15, 0.2) is 5.69 Å². The summed E-state index contributed by atoms with van der Waals surface area (Å²) in [6.45, 7) is 0. The van der Waals surface area contributed by atoms with Gasteiger partial charge in [-0.3, -0.25) is 0 Å². The first-order valence-electron chi connectivity index (χ1n) is 5.32. The highest BCUT2D eigenvalue weighted by molar-refractivity contribution is 5.84. The van der Waals surface area contributed by atoms with Gasteiger partial charge in [0.25, 0.3) is 0 Å². The lowest BCUT2D eigenvalue weighted by Crippen LogP contribution is -2.25. The van der Waals surface area contributed by atoms with Crippen LogP contribution in [0.1, 0.15) is 21.7 Å². The summed E-state index contributed by atoms with van der Waals surface area (Å²) in [7, 11) is 0. The number of carbonyl (C=O) groups is 1. The van der Waals surface area contributed by atoms with Gasteiger partial charge in [0.2, 0.25) is 0 Å². The first-order valence-corrected chi connectivity index (χ1v) is 5.32. The highest BCUT2D eigenvalue weighted by Crippen LogP contribution is 2.29. The highest BCUT2D eigenvalue weighted by atomic mass is 19.4. The molecule has 0 aliphatic rings. The minimum absolute atomic E-state index is 0.206. The van der Waals surface area contributed by atoms with Crippen molar-refractivity contribution in [1.29, 1.82) is 5.26 Å². The van der Waals surface area contributed by atoms with Crippen LogP contribution in [-0.2, 0) is 6.18 Å². The third-order valence-corrected chi connectivity index (χ3v) is 2.52. The monoisotopic (exact) mass is 298 g/mol. The second kappa shape index (κ2) is 4.90. The molecular weight excluding hydrogens is 294 g/mol. The van der Waals surface area contributed by atoms with E-state index in [1.165, 1.54) is 6.07 Å². The maximum absolute atomic E-state index is 13.2. The summed E-state index contributed by atoms with van der Waals surface area (Å²) in [5, 5.41) is 22.7. The molecule has 1 aromatic heterocycles. The highest BCUT2D eigenvalue weighted by Gasteiger charge is 2.35. The SMILES string of the molecule is N#Cc1cc(-n2nc(C(F)(F)F)cc2C(=O)[O-])ccc1F. The summed E-state index contributed by atoms with van der Waals surface area (Å²) in [6, 6.07) is 4.49. The van der Waals surface area contributed by atoms with Crippen LogP contribution in [0.4, 0.5) is 17.6 Å². The van der Waals surface area contributed by atoms with Crippen molar-refractivity contribution in [3.8, 4) is 11.8 Å². The van der Waals surface area contributed by atoms with Crippen LogP contribution in [0.15, 0.2) is 24.3 Å². The number of hydrogen-bond donors (Lipinski definition) is 0. The van der Waals surface area contributed by atoms with Crippen molar-refractivity contribution in [2.75, 3.05) is 0 Å². The molecule has 2 rings (SSSR count). The predicted octanol–water partition coefficient (Wildman–Crippen LogP) is 1.27. The van der Waals surface area contributed by atoms with E-state index >= 15 is 0 Å². The molecule has 21 heavy (non-hydrogen) atoms. The summed E-state index contributed by atoms with van der Waals surface area (Å²) >= 11 is 0. The normalized spacial score (nSPS) is 11.2. The molecule has 0 saturated carbocycles.